The van der Waals surface area contributed by atoms with E-state index in [4.69, 9.17) is 4.74 Å². The lowest BCUT2D eigenvalue weighted by atomic mass is 9.85. The maximum absolute atomic E-state index is 13.5. The molecule has 0 aliphatic rings. The number of hydrogen-bond donors (Lipinski definition) is 2. The van der Waals surface area contributed by atoms with Gasteiger partial charge in [-0.05, 0) is 48.7 Å². The van der Waals surface area contributed by atoms with E-state index in [9.17, 15) is 8.42 Å². The molecule has 1 aromatic heterocycles. The first-order valence-corrected chi connectivity index (χ1v) is 13.9. The fourth-order valence-corrected chi connectivity index (χ4v) is 6.18. The first-order chi connectivity index (χ1) is 17.9. The zero-order valence-corrected chi connectivity index (χ0v) is 21.7. The molecule has 0 radical (unpaired) electrons. The van der Waals surface area contributed by atoms with Gasteiger partial charge in [0.25, 0.3) is 10.0 Å². The van der Waals surface area contributed by atoms with Crippen molar-refractivity contribution in [2.24, 2.45) is 0 Å². The SMILES string of the molecule is CC(C)NS(=O)(=O)c1[nH]c2ccccc2c1C(c1ccccc1)c1ccc(OCc2ccccc2)cc1. The van der Waals surface area contributed by atoms with Crippen molar-refractivity contribution in [3.05, 3.63) is 131 Å². The van der Waals surface area contributed by atoms with Crippen LogP contribution in [0.3, 0.4) is 0 Å². The molecule has 188 valence electrons. The Bertz CT molecular complexity index is 1580. The Balaban J connectivity index is 1.61. The third-order valence-corrected chi connectivity index (χ3v) is 7.89. The third-order valence-electron chi connectivity index (χ3n) is 6.25. The minimum absolute atomic E-state index is 0.195. The maximum atomic E-state index is 13.5. The van der Waals surface area contributed by atoms with Crippen molar-refractivity contribution in [3.8, 4) is 5.75 Å². The van der Waals surface area contributed by atoms with Crippen LogP contribution in [0.4, 0.5) is 0 Å². The second kappa shape index (κ2) is 10.6. The van der Waals surface area contributed by atoms with E-state index < -0.39 is 10.0 Å². The highest BCUT2D eigenvalue weighted by Crippen LogP contribution is 2.40. The molecule has 0 saturated carbocycles. The number of fused-ring (bicyclic) bond motifs is 1. The van der Waals surface area contributed by atoms with Gasteiger partial charge in [0.2, 0.25) is 0 Å². The van der Waals surface area contributed by atoms with Crippen molar-refractivity contribution >= 4 is 20.9 Å². The van der Waals surface area contributed by atoms with Crippen LogP contribution in [-0.4, -0.2) is 19.4 Å². The maximum Gasteiger partial charge on any atom is 0.256 e. The van der Waals surface area contributed by atoms with Crippen LogP contribution >= 0.6 is 0 Å². The quantitative estimate of drug-likeness (QED) is 0.234. The summed E-state index contributed by atoms with van der Waals surface area (Å²) in [4.78, 5) is 3.20. The van der Waals surface area contributed by atoms with Gasteiger partial charge in [-0.2, -0.15) is 0 Å². The highest BCUT2D eigenvalue weighted by atomic mass is 32.2. The van der Waals surface area contributed by atoms with Gasteiger partial charge in [0.05, 0.1) is 0 Å². The molecule has 0 aliphatic carbocycles. The molecule has 37 heavy (non-hydrogen) atoms. The predicted molar refractivity (Wildman–Crippen MR) is 148 cm³/mol. The van der Waals surface area contributed by atoms with Gasteiger partial charge in [0.1, 0.15) is 12.4 Å². The molecule has 0 saturated heterocycles. The van der Waals surface area contributed by atoms with Crippen molar-refractivity contribution in [3.63, 3.8) is 0 Å². The molecule has 1 heterocycles. The van der Waals surface area contributed by atoms with E-state index in [0.717, 1.165) is 38.9 Å². The second-order valence-corrected chi connectivity index (χ2v) is 11.0. The number of sulfonamides is 1. The van der Waals surface area contributed by atoms with Crippen LogP contribution in [0.25, 0.3) is 10.9 Å². The van der Waals surface area contributed by atoms with E-state index in [-0.39, 0.29) is 17.0 Å². The Morgan fingerprint density at radius 1 is 0.757 bits per heavy atom. The van der Waals surface area contributed by atoms with E-state index in [1.165, 1.54) is 0 Å². The first-order valence-electron chi connectivity index (χ1n) is 12.4. The fraction of sp³-hybridized carbons (Fsp3) is 0.161. The summed E-state index contributed by atoms with van der Waals surface area (Å²) in [7, 11) is -3.79. The van der Waals surface area contributed by atoms with Gasteiger partial charge < -0.3 is 9.72 Å². The number of aromatic amines is 1. The summed E-state index contributed by atoms with van der Waals surface area (Å²) in [5.41, 5.74) is 4.59. The lowest BCUT2D eigenvalue weighted by Gasteiger charge is -2.21. The summed E-state index contributed by atoms with van der Waals surface area (Å²) in [6.45, 7) is 4.12. The van der Waals surface area contributed by atoms with Gasteiger partial charge in [-0.15, -0.1) is 0 Å². The largest absolute Gasteiger partial charge is 0.489 e. The molecular weight excluding hydrogens is 480 g/mol. The average Bonchev–Trinajstić information content (AvgIpc) is 3.29. The fourth-order valence-electron chi connectivity index (χ4n) is 4.68. The number of rotatable bonds is 9. The molecule has 0 amide bonds. The van der Waals surface area contributed by atoms with E-state index in [1.807, 2.05) is 123 Å². The van der Waals surface area contributed by atoms with Crippen LogP contribution in [0.15, 0.2) is 114 Å². The van der Waals surface area contributed by atoms with Crippen molar-refractivity contribution in [2.75, 3.05) is 0 Å². The summed E-state index contributed by atoms with van der Waals surface area (Å²) in [6, 6.07) is 35.5. The third kappa shape index (κ3) is 5.45. The molecule has 1 unspecified atom stereocenters. The molecule has 0 bridgehead atoms. The summed E-state index contributed by atoms with van der Waals surface area (Å²) < 4.78 is 35.8. The normalized spacial score (nSPS) is 12.6. The van der Waals surface area contributed by atoms with Crippen LogP contribution in [-0.2, 0) is 16.6 Å². The zero-order valence-electron chi connectivity index (χ0n) is 20.9. The molecule has 5 aromatic rings. The number of para-hydroxylation sites is 1. The average molecular weight is 511 g/mol. The first kappa shape index (κ1) is 24.8. The Hall–Kier alpha value is -3.87. The van der Waals surface area contributed by atoms with Crippen LogP contribution in [0.1, 0.15) is 42.0 Å². The molecule has 5 rings (SSSR count). The van der Waals surface area contributed by atoms with Gasteiger partial charge in [0, 0.05) is 28.4 Å². The standard InChI is InChI=1S/C31H30N2O3S/c1-22(2)33-37(34,35)31-30(27-15-9-10-16-28(27)32-31)29(24-13-7-4-8-14-24)25-17-19-26(20-18-25)36-21-23-11-5-3-6-12-23/h3-20,22,29,32-33H,21H2,1-2H3. The topological polar surface area (TPSA) is 71.2 Å². The number of ether oxygens (including phenoxy) is 1. The van der Waals surface area contributed by atoms with Gasteiger partial charge in [0.15, 0.2) is 5.03 Å². The molecule has 0 aliphatic heterocycles. The van der Waals surface area contributed by atoms with Crippen LogP contribution in [0, 0.1) is 0 Å². The molecule has 2 N–H and O–H groups in total. The summed E-state index contributed by atoms with van der Waals surface area (Å²) in [6.07, 6.45) is 0. The van der Waals surface area contributed by atoms with E-state index in [0.29, 0.717) is 6.61 Å². The minimum atomic E-state index is -3.79. The number of benzene rings is 4. The molecule has 1 atom stereocenters. The van der Waals surface area contributed by atoms with Crippen molar-refractivity contribution < 1.29 is 13.2 Å². The number of nitrogens with one attached hydrogen (secondary N) is 2. The number of hydrogen-bond acceptors (Lipinski definition) is 3. The Morgan fingerprint density at radius 2 is 1.35 bits per heavy atom. The van der Waals surface area contributed by atoms with Crippen LogP contribution < -0.4 is 9.46 Å². The lowest BCUT2D eigenvalue weighted by Crippen LogP contribution is -2.31. The summed E-state index contributed by atoms with van der Waals surface area (Å²) in [5.74, 6) is 0.451. The van der Waals surface area contributed by atoms with E-state index >= 15 is 0 Å². The lowest BCUT2D eigenvalue weighted by molar-refractivity contribution is 0.306. The Labute approximate surface area is 218 Å². The van der Waals surface area contributed by atoms with E-state index in [1.54, 1.807) is 0 Å². The molecule has 4 aromatic carbocycles. The predicted octanol–water partition coefficient (Wildman–Crippen LogP) is 6.61. The van der Waals surface area contributed by atoms with Gasteiger partial charge in [-0.1, -0.05) is 91.0 Å². The van der Waals surface area contributed by atoms with Crippen molar-refractivity contribution in [1.29, 1.82) is 0 Å². The Kier molecular flexibility index (Phi) is 7.12. The summed E-state index contributed by atoms with van der Waals surface area (Å²) >= 11 is 0. The monoisotopic (exact) mass is 510 g/mol. The van der Waals surface area contributed by atoms with E-state index in [2.05, 4.69) is 9.71 Å². The second-order valence-electron chi connectivity index (χ2n) is 9.38. The van der Waals surface area contributed by atoms with Gasteiger partial charge in [-0.25, -0.2) is 13.1 Å². The highest BCUT2D eigenvalue weighted by molar-refractivity contribution is 7.89. The van der Waals surface area contributed by atoms with Gasteiger partial charge >= 0.3 is 0 Å². The minimum Gasteiger partial charge on any atom is -0.489 e. The molecule has 5 nitrogen and oxygen atoms in total. The van der Waals surface area contributed by atoms with Crippen LogP contribution in [0.5, 0.6) is 5.75 Å². The smallest absolute Gasteiger partial charge is 0.256 e. The zero-order chi connectivity index (χ0) is 25.8. The number of H-pyrrole nitrogens is 1. The summed E-state index contributed by atoms with van der Waals surface area (Å²) in [5, 5.41) is 1.07. The van der Waals surface area contributed by atoms with Gasteiger partial charge in [-0.3, -0.25) is 0 Å². The number of aromatic nitrogens is 1. The van der Waals surface area contributed by atoms with Crippen LogP contribution in [0.2, 0.25) is 0 Å². The van der Waals surface area contributed by atoms with Crippen molar-refractivity contribution in [2.45, 2.75) is 37.4 Å². The highest BCUT2D eigenvalue weighted by Gasteiger charge is 2.30. The molecular formula is C31H30N2O3S. The Morgan fingerprint density at radius 3 is 2.03 bits per heavy atom. The molecule has 0 fully saturated rings. The molecule has 0 spiro atoms. The van der Waals surface area contributed by atoms with Crippen molar-refractivity contribution in [1.82, 2.24) is 9.71 Å². The molecule has 6 heteroatoms.